The summed E-state index contributed by atoms with van der Waals surface area (Å²) in [5.41, 5.74) is 3.82. The van der Waals surface area contributed by atoms with Gasteiger partial charge in [0.25, 0.3) is 5.91 Å². The van der Waals surface area contributed by atoms with Crippen LogP contribution in [-0.4, -0.2) is 67.8 Å². The minimum atomic E-state index is -0.369. The van der Waals surface area contributed by atoms with Gasteiger partial charge in [-0.1, -0.05) is 54.2 Å². The minimum absolute atomic E-state index is 0.0937. The second-order valence-corrected chi connectivity index (χ2v) is 11.4. The average Bonchev–Trinajstić information content (AvgIpc) is 3.37. The molecule has 0 spiro atoms. The summed E-state index contributed by atoms with van der Waals surface area (Å²) in [6, 6.07) is 24.0. The van der Waals surface area contributed by atoms with Crippen molar-refractivity contribution in [3.63, 3.8) is 0 Å². The smallest absolute Gasteiger partial charge is 0.254 e. The van der Waals surface area contributed by atoms with Crippen molar-refractivity contribution >= 4 is 23.6 Å². The molecule has 4 aromatic rings. The lowest BCUT2D eigenvalue weighted by atomic mass is 10.1. The summed E-state index contributed by atoms with van der Waals surface area (Å²) in [5.74, 6) is 1.20. The Balaban J connectivity index is 1.16. The normalized spacial score (nSPS) is 15.2. The highest BCUT2D eigenvalue weighted by atomic mass is 32.2. The third-order valence-electron chi connectivity index (χ3n) is 7.26. The fourth-order valence-corrected chi connectivity index (χ4v) is 6.01. The molecule has 9 heteroatoms. The Kier molecular flexibility index (Phi) is 9.14. The number of hydrogen-bond donors (Lipinski definition) is 0. The lowest BCUT2D eigenvalue weighted by Crippen LogP contribution is -2.55. The van der Waals surface area contributed by atoms with Crippen LogP contribution in [0.3, 0.4) is 0 Å². The van der Waals surface area contributed by atoms with Gasteiger partial charge in [-0.2, -0.15) is 0 Å². The Bertz CT molecular complexity index is 1490. The molecule has 7 nitrogen and oxygen atoms in total. The number of hydrogen-bond acceptors (Lipinski definition) is 5. The van der Waals surface area contributed by atoms with Crippen molar-refractivity contribution in [1.82, 2.24) is 24.6 Å². The first kappa shape index (κ1) is 28.5. The molecule has 1 aliphatic rings. The Morgan fingerprint density at radius 3 is 2.49 bits per heavy atom. The Morgan fingerprint density at radius 2 is 1.76 bits per heavy atom. The summed E-state index contributed by atoms with van der Waals surface area (Å²) in [6.45, 7) is 5.46. The van der Waals surface area contributed by atoms with Gasteiger partial charge in [0.1, 0.15) is 11.6 Å². The topological polar surface area (TPSA) is 71.3 Å². The molecule has 0 saturated carbocycles. The maximum Gasteiger partial charge on any atom is 0.254 e. The van der Waals surface area contributed by atoms with Crippen molar-refractivity contribution in [3.8, 4) is 5.69 Å². The van der Waals surface area contributed by atoms with E-state index in [-0.39, 0.29) is 23.7 Å². The van der Waals surface area contributed by atoms with Crippen molar-refractivity contribution < 1.29 is 14.0 Å². The third kappa shape index (κ3) is 7.03. The number of piperazine rings is 1. The minimum Gasteiger partial charge on any atom is -0.339 e. The van der Waals surface area contributed by atoms with Gasteiger partial charge in [0, 0.05) is 55.5 Å². The van der Waals surface area contributed by atoms with Crippen LogP contribution >= 0.6 is 11.8 Å². The van der Waals surface area contributed by atoms with Crippen molar-refractivity contribution in [2.45, 2.75) is 44.3 Å². The highest BCUT2D eigenvalue weighted by Crippen LogP contribution is 2.25. The van der Waals surface area contributed by atoms with Crippen LogP contribution < -0.4 is 0 Å². The predicted octanol–water partition coefficient (Wildman–Crippen LogP) is 5.55. The first-order valence-electron chi connectivity index (χ1n) is 13.9. The summed E-state index contributed by atoms with van der Waals surface area (Å²) in [5, 5.41) is 9.85. The fraction of sp³-hybridized carbons (Fsp3) is 0.312. The van der Waals surface area contributed by atoms with Gasteiger partial charge in [-0.05, 0) is 67.8 Å². The zero-order chi connectivity index (χ0) is 28.8. The second-order valence-electron chi connectivity index (χ2n) is 10.4. The fourth-order valence-electron chi connectivity index (χ4n) is 5.10. The molecule has 5 rings (SSSR count). The van der Waals surface area contributed by atoms with Crippen LogP contribution in [-0.2, 0) is 11.2 Å². The van der Waals surface area contributed by atoms with Crippen LogP contribution in [0.15, 0.2) is 84.0 Å². The van der Waals surface area contributed by atoms with Crippen molar-refractivity contribution in [3.05, 3.63) is 107 Å². The van der Waals surface area contributed by atoms with E-state index in [9.17, 15) is 14.0 Å². The van der Waals surface area contributed by atoms with Gasteiger partial charge in [-0.3, -0.25) is 14.2 Å². The molecule has 2 amide bonds. The summed E-state index contributed by atoms with van der Waals surface area (Å²) < 4.78 is 15.4. The standard InChI is InChI=1S/C32H34FN5O2S/c1-23-8-6-11-28(20-23)38-29(21-25-9-4-3-5-10-25)34-35-32(38)41-19-7-12-30(39)36-17-18-37(24(2)22-36)31(40)26-13-15-27(33)16-14-26/h3-6,8-11,13-16,20,24H,7,12,17-19,21-22H2,1-2H3. The van der Waals surface area contributed by atoms with Crippen molar-refractivity contribution in [2.75, 3.05) is 25.4 Å². The molecule has 3 aromatic carbocycles. The molecule has 1 aromatic heterocycles. The van der Waals surface area contributed by atoms with E-state index in [1.807, 2.05) is 36.1 Å². The first-order valence-corrected chi connectivity index (χ1v) is 14.9. The molecule has 0 N–H and O–H groups in total. The molecule has 2 heterocycles. The van der Waals surface area contributed by atoms with Gasteiger partial charge in [0.15, 0.2) is 5.16 Å². The number of carbonyl (C=O) groups is 2. The van der Waals surface area contributed by atoms with Crippen LogP contribution in [0.25, 0.3) is 5.69 Å². The van der Waals surface area contributed by atoms with Gasteiger partial charge < -0.3 is 9.80 Å². The van der Waals surface area contributed by atoms with Gasteiger partial charge in [0.2, 0.25) is 5.91 Å². The summed E-state index contributed by atoms with van der Waals surface area (Å²) in [7, 11) is 0. The molecule has 0 aliphatic carbocycles. The van der Waals surface area contributed by atoms with Crippen LogP contribution in [0.5, 0.6) is 0 Å². The number of carbonyl (C=O) groups excluding carboxylic acids is 2. The molecular weight excluding hydrogens is 537 g/mol. The van der Waals surface area contributed by atoms with Crippen LogP contribution in [0.2, 0.25) is 0 Å². The molecule has 0 radical (unpaired) electrons. The summed E-state index contributed by atoms with van der Waals surface area (Å²) >= 11 is 1.61. The van der Waals surface area contributed by atoms with E-state index in [1.165, 1.54) is 29.8 Å². The molecule has 0 bridgehead atoms. The highest BCUT2D eigenvalue weighted by Gasteiger charge is 2.30. The van der Waals surface area contributed by atoms with Gasteiger partial charge in [0.05, 0.1) is 0 Å². The molecule has 212 valence electrons. The highest BCUT2D eigenvalue weighted by molar-refractivity contribution is 7.99. The number of aromatic nitrogens is 3. The van der Waals surface area contributed by atoms with Crippen LogP contribution in [0.1, 0.15) is 47.1 Å². The van der Waals surface area contributed by atoms with E-state index in [2.05, 4.69) is 52.0 Å². The molecule has 1 unspecified atom stereocenters. The molecule has 41 heavy (non-hydrogen) atoms. The number of halogens is 1. The maximum absolute atomic E-state index is 13.2. The molecule has 1 fully saturated rings. The number of aryl methyl sites for hydroxylation is 1. The zero-order valence-corrected chi connectivity index (χ0v) is 24.2. The molecule has 1 atom stereocenters. The SMILES string of the molecule is Cc1cccc(-n2c(Cc3ccccc3)nnc2SCCCC(=O)N2CCN(C(=O)c3ccc(F)cc3)C(C)C2)c1. The first-order chi connectivity index (χ1) is 19.9. The van der Waals surface area contributed by atoms with Crippen molar-refractivity contribution in [2.24, 2.45) is 0 Å². The molecular formula is C32H34FN5O2S. The number of amides is 2. The average molecular weight is 572 g/mol. The number of benzene rings is 3. The van der Waals surface area contributed by atoms with Crippen LogP contribution in [0, 0.1) is 12.7 Å². The van der Waals surface area contributed by atoms with Gasteiger partial charge >= 0.3 is 0 Å². The second kappa shape index (κ2) is 13.1. The third-order valence-corrected chi connectivity index (χ3v) is 8.28. The Morgan fingerprint density at radius 1 is 0.976 bits per heavy atom. The Labute approximate surface area is 244 Å². The lowest BCUT2D eigenvalue weighted by Gasteiger charge is -2.40. The molecule has 1 saturated heterocycles. The zero-order valence-electron chi connectivity index (χ0n) is 23.4. The maximum atomic E-state index is 13.2. The largest absolute Gasteiger partial charge is 0.339 e. The summed E-state index contributed by atoms with van der Waals surface area (Å²) in [6.07, 6.45) is 1.82. The van der Waals surface area contributed by atoms with E-state index < -0.39 is 0 Å². The van der Waals surface area contributed by atoms with Gasteiger partial charge in [-0.25, -0.2) is 4.39 Å². The van der Waals surface area contributed by atoms with Crippen molar-refractivity contribution in [1.29, 1.82) is 0 Å². The number of nitrogens with zero attached hydrogens (tertiary/aromatic N) is 5. The number of thioether (sulfide) groups is 1. The van der Waals surface area contributed by atoms with E-state index in [4.69, 9.17) is 0 Å². The van der Waals surface area contributed by atoms with E-state index in [0.717, 1.165) is 28.0 Å². The van der Waals surface area contributed by atoms with E-state index in [0.29, 0.717) is 44.5 Å². The van der Waals surface area contributed by atoms with E-state index >= 15 is 0 Å². The van der Waals surface area contributed by atoms with E-state index in [1.54, 1.807) is 16.7 Å². The number of rotatable bonds is 9. The predicted molar refractivity (Wildman–Crippen MR) is 159 cm³/mol. The monoisotopic (exact) mass is 571 g/mol. The molecule has 1 aliphatic heterocycles. The quantitative estimate of drug-likeness (QED) is 0.195. The lowest BCUT2D eigenvalue weighted by molar-refractivity contribution is -0.133. The van der Waals surface area contributed by atoms with Crippen LogP contribution in [0.4, 0.5) is 4.39 Å². The Hall–Kier alpha value is -3.98. The van der Waals surface area contributed by atoms with Gasteiger partial charge in [-0.15, -0.1) is 10.2 Å². The summed E-state index contributed by atoms with van der Waals surface area (Å²) in [4.78, 5) is 29.5.